The molecule has 3 N–H and O–H groups in total. The molecule has 0 aliphatic rings. The lowest BCUT2D eigenvalue weighted by molar-refractivity contribution is -0.126. The van der Waals surface area contributed by atoms with Crippen LogP contribution in [0.1, 0.15) is 0 Å². The molecule has 88 valence electrons. The van der Waals surface area contributed by atoms with Crippen molar-refractivity contribution in [3.63, 3.8) is 0 Å². The Kier molecular flexibility index (Phi) is 4.20. The summed E-state index contributed by atoms with van der Waals surface area (Å²) < 4.78 is 0. The van der Waals surface area contributed by atoms with E-state index in [9.17, 15) is 4.79 Å². The first kappa shape index (κ1) is 12.9. The van der Waals surface area contributed by atoms with Gasteiger partial charge in [0.1, 0.15) is 11.6 Å². The number of halogens is 2. The van der Waals surface area contributed by atoms with Crippen LogP contribution in [0.4, 0.5) is 11.6 Å². The van der Waals surface area contributed by atoms with Crippen LogP contribution in [0.3, 0.4) is 0 Å². The Labute approximate surface area is 104 Å². The van der Waals surface area contributed by atoms with Crippen LogP contribution in [0, 0.1) is 0 Å². The maximum Gasteiger partial charge on any atom is 0.241 e. The smallest absolute Gasteiger partial charge is 0.241 e. The number of nitrogens with zero attached hydrogens (tertiary/aromatic N) is 2. The lowest BCUT2D eigenvalue weighted by atomic mass is 10.4. The first-order chi connectivity index (χ1) is 7.41. The Bertz CT molecular complexity index is 409. The van der Waals surface area contributed by atoms with Crippen molar-refractivity contribution in [2.75, 3.05) is 31.7 Å². The standard InChI is InChI=1S/C9H12Cl2N4O/c1-15(2)7(16)4-13-9-6(11)3-5(10)8(12)14-9/h3H,4H2,1-2H3,(H3,12,13,14). The molecule has 1 amide bonds. The lowest BCUT2D eigenvalue weighted by Gasteiger charge is -2.12. The highest BCUT2D eigenvalue weighted by atomic mass is 35.5. The zero-order valence-corrected chi connectivity index (χ0v) is 10.4. The Hall–Kier alpha value is -1.20. The number of anilines is 2. The second-order valence-corrected chi connectivity index (χ2v) is 4.14. The van der Waals surface area contributed by atoms with Gasteiger partial charge < -0.3 is 16.0 Å². The second-order valence-electron chi connectivity index (χ2n) is 3.33. The third-order valence-electron chi connectivity index (χ3n) is 1.86. The molecule has 0 radical (unpaired) electrons. The summed E-state index contributed by atoms with van der Waals surface area (Å²) in [6, 6.07) is 1.48. The van der Waals surface area contributed by atoms with Gasteiger partial charge in [0.15, 0.2) is 0 Å². The number of likely N-dealkylation sites (N-methyl/N-ethyl adjacent to an activating group) is 1. The number of aromatic nitrogens is 1. The van der Waals surface area contributed by atoms with Gasteiger partial charge >= 0.3 is 0 Å². The molecule has 0 aliphatic carbocycles. The first-order valence-electron chi connectivity index (χ1n) is 4.47. The summed E-state index contributed by atoms with van der Waals surface area (Å²) in [5, 5.41) is 3.40. The van der Waals surface area contributed by atoms with E-state index < -0.39 is 0 Å². The molecule has 7 heteroatoms. The highest BCUT2D eigenvalue weighted by molar-refractivity contribution is 6.37. The van der Waals surface area contributed by atoms with E-state index in [1.165, 1.54) is 11.0 Å². The maximum absolute atomic E-state index is 11.3. The van der Waals surface area contributed by atoms with Crippen LogP contribution >= 0.6 is 23.2 Å². The van der Waals surface area contributed by atoms with Crippen molar-refractivity contribution in [1.82, 2.24) is 9.88 Å². The number of nitrogen functional groups attached to an aromatic ring is 1. The van der Waals surface area contributed by atoms with Gasteiger partial charge in [-0.1, -0.05) is 23.2 Å². The average Bonchev–Trinajstić information content (AvgIpc) is 2.20. The molecule has 0 atom stereocenters. The van der Waals surface area contributed by atoms with Crippen molar-refractivity contribution in [1.29, 1.82) is 0 Å². The molecule has 0 unspecified atom stereocenters. The molecular formula is C9H12Cl2N4O. The summed E-state index contributed by atoms with van der Waals surface area (Å²) in [7, 11) is 3.32. The molecule has 1 rings (SSSR count). The monoisotopic (exact) mass is 262 g/mol. The first-order valence-corrected chi connectivity index (χ1v) is 5.23. The number of nitrogens with one attached hydrogen (secondary N) is 1. The minimum Gasteiger partial charge on any atom is -0.382 e. The maximum atomic E-state index is 11.3. The number of hydrogen-bond acceptors (Lipinski definition) is 4. The number of carbonyl (C=O) groups excluding carboxylic acids is 1. The number of pyridine rings is 1. The molecule has 1 aromatic heterocycles. The van der Waals surface area contributed by atoms with Crippen LogP contribution in [-0.4, -0.2) is 36.4 Å². The third-order valence-corrected chi connectivity index (χ3v) is 2.45. The highest BCUT2D eigenvalue weighted by Gasteiger charge is 2.09. The minimum atomic E-state index is -0.0913. The van der Waals surface area contributed by atoms with Crippen LogP contribution in [0.15, 0.2) is 6.07 Å². The SMILES string of the molecule is CN(C)C(=O)CNc1nc(N)c(Cl)cc1Cl. The van der Waals surface area contributed by atoms with Gasteiger partial charge in [-0.2, -0.15) is 0 Å². The zero-order chi connectivity index (χ0) is 12.3. The van der Waals surface area contributed by atoms with Gasteiger partial charge in [0.05, 0.1) is 16.6 Å². The Balaban J connectivity index is 2.75. The molecule has 0 bridgehead atoms. The molecule has 0 spiro atoms. The lowest BCUT2D eigenvalue weighted by Crippen LogP contribution is -2.28. The fourth-order valence-corrected chi connectivity index (χ4v) is 1.35. The van der Waals surface area contributed by atoms with E-state index in [0.717, 1.165) is 0 Å². The molecule has 16 heavy (non-hydrogen) atoms. The summed E-state index contributed by atoms with van der Waals surface area (Å²) in [6.45, 7) is 0.0980. The molecule has 1 heterocycles. The molecule has 0 saturated carbocycles. The third kappa shape index (κ3) is 3.15. The van der Waals surface area contributed by atoms with Crippen LogP contribution in [0.25, 0.3) is 0 Å². The number of hydrogen-bond donors (Lipinski definition) is 2. The van der Waals surface area contributed by atoms with Crippen LogP contribution in [-0.2, 0) is 4.79 Å². The largest absolute Gasteiger partial charge is 0.382 e. The summed E-state index contributed by atoms with van der Waals surface area (Å²) >= 11 is 11.6. The second kappa shape index (κ2) is 5.23. The van der Waals surface area contributed by atoms with Crippen molar-refractivity contribution in [3.8, 4) is 0 Å². The van der Waals surface area contributed by atoms with Crippen molar-refractivity contribution in [2.45, 2.75) is 0 Å². The van der Waals surface area contributed by atoms with Crippen LogP contribution < -0.4 is 11.1 Å². The van der Waals surface area contributed by atoms with Crippen molar-refractivity contribution in [2.24, 2.45) is 0 Å². The topological polar surface area (TPSA) is 71.2 Å². The number of nitrogens with two attached hydrogens (primary N) is 1. The summed E-state index contributed by atoms with van der Waals surface area (Å²) in [5.74, 6) is 0.427. The number of amides is 1. The predicted molar refractivity (Wildman–Crippen MR) is 65.9 cm³/mol. The molecule has 0 aliphatic heterocycles. The normalized spacial score (nSPS) is 10.0. The molecule has 0 aromatic carbocycles. The summed E-state index contributed by atoms with van der Waals surface area (Å²) in [4.78, 5) is 16.7. The zero-order valence-electron chi connectivity index (χ0n) is 8.92. The van der Waals surface area contributed by atoms with E-state index in [2.05, 4.69) is 10.3 Å². The number of carbonyl (C=O) groups is 1. The fraction of sp³-hybridized carbons (Fsp3) is 0.333. The fourth-order valence-electron chi connectivity index (χ4n) is 0.922. The van der Waals surface area contributed by atoms with Gasteiger partial charge in [-0.15, -0.1) is 0 Å². The molecular weight excluding hydrogens is 251 g/mol. The van der Waals surface area contributed by atoms with Gasteiger partial charge in [0.25, 0.3) is 0 Å². The van der Waals surface area contributed by atoms with Gasteiger partial charge in [-0.3, -0.25) is 4.79 Å². The Morgan fingerprint density at radius 2 is 2.12 bits per heavy atom. The van der Waals surface area contributed by atoms with Crippen molar-refractivity contribution >= 4 is 40.7 Å². The summed E-state index contributed by atoms with van der Waals surface area (Å²) in [5.41, 5.74) is 5.52. The van der Waals surface area contributed by atoms with Gasteiger partial charge in [0.2, 0.25) is 5.91 Å². The summed E-state index contributed by atoms with van der Waals surface area (Å²) in [6.07, 6.45) is 0. The Morgan fingerprint density at radius 1 is 1.50 bits per heavy atom. The highest BCUT2D eigenvalue weighted by Crippen LogP contribution is 2.27. The van der Waals surface area contributed by atoms with Crippen LogP contribution in [0.2, 0.25) is 10.0 Å². The molecule has 0 saturated heterocycles. The molecule has 5 nitrogen and oxygen atoms in total. The van der Waals surface area contributed by atoms with E-state index in [0.29, 0.717) is 10.8 Å². The van der Waals surface area contributed by atoms with E-state index in [1.807, 2.05) is 0 Å². The van der Waals surface area contributed by atoms with E-state index in [-0.39, 0.29) is 23.3 Å². The molecule has 1 aromatic rings. The van der Waals surface area contributed by atoms with E-state index in [4.69, 9.17) is 28.9 Å². The van der Waals surface area contributed by atoms with E-state index >= 15 is 0 Å². The van der Waals surface area contributed by atoms with Gasteiger partial charge in [-0.05, 0) is 6.07 Å². The minimum absolute atomic E-state index is 0.0913. The number of rotatable bonds is 3. The van der Waals surface area contributed by atoms with Crippen LogP contribution in [0.5, 0.6) is 0 Å². The van der Waals surface area contributed by atoms with E-state index in [1.54, 1.807) is 14.1 Å². The quantitative estimate of drug-likeness (QED) is 0.866. The Morgan fingerprint density at radius 3 is 2.69 bits per heavy atom. The van der Waals surface area contributed by atoms with Gasteiger partial charge in [-0.25, -0.2) is 4.98 Å². The predicted octanol–water partition coefficient (Wildman–Crippen LogP) is 1.47. The van der Waals surface area contributed by atoms with Gasteiger partial charge in [0, 0.05) is 14.1 Å². The van der Waals surface area contributed by atoms with Crippen molar-refractivity contribution in [3.05, 3.63) is 16.1 Å². The van der Waals surface area contributed by atoms with Crippen molar-refractivity contribution < 1.29 is 4.79 Å². The average molecular weight is 263 g/mol. The molecule has 0 fully saturated rings.